The molecule has 1 aliphatic rings. The van der Waals surface area contributed by atoms with Crippen LogP contribution in [0.5, 0.6) is 11.5 Å². The van der Waals surface area contributed by atoms with Gasteiger partial charge in [-0.05, 0) is 62.6 Å². The molecule has 1 atom stereocenters. The lowest BCUT2D eigenvalue weighted by Crippen LogP contribution is -2.54. The average molecular weight is 457 g/mol. The zero-order chi connectivity index (χ0) is 23.4. The zero-order valence-corrected chi connectivity index (χ0v) is 19.2. The number of benzene rings is 2. The van der Waals surface area contributed by atoms with E-state index in [9.17, 15) is 14.4 Å². The minimum atomic E-state index is -0.795. The van der Waals surface area contributed by atoms with E-state index < -0.39 is 17.8 Å². The van der Waals surface area contributed by atoms with Crippen LogP contribution in [0.3, 0.4) is 0 Å². The van der Waals surface area contributed by atoms with Gasteiger partial charge < -0.3 is 9.47 Å². The topological polar surface area (TPSA) is 84.9 Å². The van der Waals surface area contributed by atoms with E-state index in [2.05, 4.69) is 5.32 Å². The normalized spacial score (nSPS) is 16.2. The Kier molecular flexibility index (Phi) is 7.20. The number of anilines is 1. The van der Waals surface area contributed by atoms with Gasteiger partial charge in [-0.25, -0.2) is 9.69 Å². The first-order chi connectivity index (χ1) is 15.3. The number of hydrogen-bond acceptors (Lipinski definition) is 5. The number of nitrogens with one attached hydrogen (secondary N) is 1. The third-order valence-corrected chi connectivity index (χ3v) is 5.28. The first-order valence-electron chi connectivity index (χ1n) is 10.4. The van der Waals surface area contributed by atoms with Crippen LogP contribution in [0.2, 0.25) is 5.02 Å². The Balaban J connectivity index is 2.04. The van der Waals surface area contributed by atoms with Gasteiger partial charge in [0.25, 0.3) is 11.8 Å². The number of hydrogen-bond donors (Lipinski definition) is 1. The molecule has 3 rings (SSSR count). The number of nitrogens with zero attached hydrogens (tertiary/aromatic N) is 1. The van der Waals surface area contributed by atoms with Crippen molar-refractivity contribution in [3.63, 3.8) is 0 Å². The summed E-state index contributed by atoms with van der Waals surface area (Å²) in [7, 11) is 0. The molecular weight excluding hydrogens is 432 g/mol. The number of para-hydroxylation sites is 1. The van der Waals surface area contributed by atoms with Gasteiger partial charge in [0, 0.05) is 0 Å². The molecule has 8 heteroatoms. The van der Waals surface area contributed by atoms with Crippen LogP contribution in [-0.4, -0.2) is 30.6 Å². The second kappa shape index (κ2) is 9.87. The van der Waals surface area contributed by atoms with Crippen molar-refractivity contribution >= 4 is 41.2 Å². The molecule has 2 aromatic rings. The van der Waals surface area contributed by atoms with Gasteiger partial charge >= 0.3 is 6.03 Å². The van der Waals surface area contributed by atoms with Gasteiger partial charge in [-0.1, -0.05) is 36.7 Å². The average Bonchev–Trinajstić information content (AvgIpc) is 2.74. The van der Waals surface area contributed by atoms with Gasteiger partial charge in [0.05, 0.1) is 23.4 Å². The highest BCUT2D eigenvalue weighted by atomic mass is 35.5. The quantitative estimate of drug-likeness (QED) is 0.473. The monoisotopic (exact) mass is 456 g/mol. The Bertz CT molecular complexity index is 1100. The van der Waals surface area contributed by atoms with Gasteiger partial charge in [-0.15, -0.1) is 0 Å². The number of halogens is 1. The van der Waals surface area contributed by atoms with E-state index in [-0.39, 0.29) is 11.7 Å². The minimum absolute atomic E-state index is 0.0738. The number of imide groups is 2. The maximum atomic E-state index is 13.1. The fourth-order valence-electron chi connectivity index (χ4n) is 3.19. The Morgan fingerprint density at radius 3 is 2.53 bits per heavy atom. The number of carbonyl (C=O) groups excluding carboxylic acids is 3. The molecule has 1 N–H and O–H groups in total. The van der Waals surface area contributed by atoms with Crippen LogP contribution < -0.4 is 19.7 Å². The zero-order valence-electron chi connectivity index (χ0n) is 18.4. The lowest BCUT2D eigenvalue weighted by molar-refractivity contribution is -0.122. The summed E-state index contributed by atoms with van der Waals surface area (Å²) >= 11 is 6.45. The number of aryl methyl sites for hydroxylation is 1. The summed E-state index contributed by atoms with van der Waals surface area (Å²) in [6, 6.07) is 9.38. The van der Waals surface area contributed by atoms with Crippen LogP contribution in [0.4, 0.5) is 10.5 Å². The van der Waals surface area contributed by atoms with Gasteiger partial charge in [0.2, 0.25) is 0 Å². The number of ether oxygens (including phenoxy) is 2. The van der Waals surface area contributed by atoms with E-state index >= 15 is 0 Å². The molecule has 0 spiro atoms. The highest BCUT2D eigenvalue weighted by Crippen LogP contribution is 2.38. The van der Waals surface area contributed by atoms with Crippen LogP contribution in [-0.2, 0) is 9.59 Å². The van der Waals surface area contributed by atoms with E-state index in [1.54, 1.807) is 43.3 Å². The first-order valence-corrected chi connectivity index (χ1v) is 10.7. The van der Waals surface area contributed by atoms with E-state index in [4.69, 9.17) is 21.1 Å². The highest BCUT2D eigenvalue weighted by molar-refractivity contribution is 6.39. The summed E-state index contributed by atoms with van der Waals surface area (Å²) < 4.78 is 11.6. The van der Waals surface area contributed by atoms with Gasteiger partial charge in [-0.3, -0.25) is 14.9 Å². The summed E-state index contributed by atoms with van der Waals surface area (Å²) in [4.78, 5) is 39.0. The molecule has 168 valence electrons. The molecule has 0 bridgehead atoms. The van der Waals surface area contributed by atoms with Crippen LogP contribution >= 0.6 is 11.6 Å². The number of barbiturate groups is 1. The van der Waals surface area contributed by atoms with Gasteiger partial charge in [-0.2, -0.15) is 0 Å². The van der Waals surface area contributed by atoms with E-state index in [1.807, 2.05) is 20.8 Å². The Morgan fingerprint density at radius 1 is 1.16 bits per heavy atom. The number of urea groups is 1. The minimum Gasteiger partial charge on any atom is -0.490 e. The predicted molar refractivity (Wildman–Crippen MR) is 123 cm³/mol. The standard InChI is InChI=1S/C24H25ClN2O5/c1-5-15(4)32-21-18(25)12-16(13-20(21)31-6-2)11-17-22(28)26-24(30)27(23(17)29)19-10-8-7-9-14(19)3/h7-13,15H,5-6H2,1-4H3,(H,26,28,30)/b17-11+. The fourth-order valence-corrected chi connectivity index (χ4v) is 3.45. The SMILES string of the molecule is CCOc1cc(/C=C2\C(=O)NC(=O)N(c3ccccc3C)C2=O)cc(Cl)c1OC(C)CC. The van der Waals surface area contributed by atoms with Crippen molar-refractivity contribution in [1.82, 2.24) is 5.32 Å². The van der Waals surface area contributed by atoms with Crippen molar-refractivity contribution in [2.45, 2.75) is 40.2 Å². The molecule has 32 heavy (non-hydrogen) atoms. The molecule has 1 heterocycles. The van der Waals surface area contributed by atoms with Crippen LogP contribution in [0, 0.1) is 6.92 Å². The van der Waals surface area contributed by atoms with Crippen molar-refractivity contribution in [2.75, 3.05) is 11.5 Å². The molecular formula is C24H25ClN2O5. The molecule has 0 radical (unpaired) electrons. The largest absolute Gasteiger partial charge is 0.490 e. The molecule has 1 aliphatic heterocycles. The number of carbonyl (C=O) groups is 3. The summed E-state index contributed by atoms with van der Waals surface area (Å²) in [5, 5.41) is 2.52. The molecule has 1 fully saturated rings. The summed E-state index contributed by atoms with van der Waals surface area (Å²) in [6.45, 7) is 7.90. The van der Waals surface area contributed by atoms with Crippen LogP contribution in [0.15, 0.2) is 42.0 Å². The molecule has 4 amide bonds. The third kappa shape index (κ3) is 4.78. The lowest BCUT2D eigenvalue weighted by Gasteiger charge is -2.27. The summed E-state index contributed by atoms with van der Waals surface area (Å²) in [5.41, 5.74) is 1.39. The van der Waals surface area contributed by atoms with Gasteiger partial charge in [0.15, 0.2) is 11.5 Å². The third-order valence-electron chi connectivity index (χ3n) is 4.99. The summed E-state index contributed by atoms with van der Waals surface area (Å²) in [6.07, 6.45) is 2.09. The number of amides is 4. The molecule has 2 aromatic carbocycles. The first kappa shape index (κ1) is 23.3. The Morgan fingerprint density at radius 2 is 1.88 bits per heavy atom. The van der Waals surface area contributed by atoms with Crippen molar-refractivity contribution in [3.05, 3.63) is 58.1 Å². The van der Waals surface area contributed by atoms with E-state index in [0.717, 1.165) is 16.9 Å². The lowest BCUT2D eigenvalue weighted by atomic mass is 10.1. The molecule has 0 aliphatic carbocycles. The van der Waals surface area contributed by atoms with Crippen molar-refractivity contribution in [2.24, 2.45) is 0 Å². The molecule has 0 saturated carbocycles. The molecule has 0 aromatic heterocycles. The van der Waals surface area contributed by atoms with Crippen molar-refractivity contribution in [3.8, 4) is 11.5 Å². The number of rotatable bonds is 7. The molecule has 1 unspecified atom stereocenters. The predicted octanol–water partition coefficient (Wildman–Crippen LogP) is 4.89. The van der Waals surface area contributed by atoms with E-state index in [0.29, 0.717) is 34.4 Å². The maximum Gasteiger partial charge on any atom is 0.335 e. The Labute approximate surface area is 191 Å². The summed E-state index contributed by atoms with van der Waals surface area (Å²) in [5.74, 6) is -0.690. The second-order valence-electron chi connectivity index (χ2n) is 7.34. The fraction of sp³-hybridized carbons (Fsp3) is 0.292. The highest BCUT2D eigenvalue weighted by Gasteiger charge is 2.37. The van der Waals surface area contributed by atoms with Crippen LogP contribution in [0.25, 0.3) is 6.08 Å². The maximum absolute atomic E-state index is 13.1. The Hall–Kier alpha value is -3.32. The van der Waals surface area contributed by atoms with E-state index in [1.165, 1.54) is 6.08 Å². The van der Waals surface area contributed by atoms with Crippen molar-refractivity contribution in [1.29, 1.82) is 0 Å². The van der Waals surface area contributed by atoms with Gasteiger partial charge in [0.1, 0.15) is 5.57 Å². The molecule has 7 nitrogen and oxygen atoms in total. The van der Waals surface area contributed by atoms with Crippen LogP contribution in [0.1, 0.15) is 38.3 Å². The van der Waals surface area contributed by atoms with Crippen molar-refractivity contribution < 1.29 is 23.9 Å². The smallest absolute Gasteiger partial charge is 0.335 e. The second-order valence-corrected chi connectivity index (χ2v) is 7.75. The molecule has 1 saturated heterocycles.